The summed E-state index contributed by atoms with van der Waals surface area (Å²) in [5.41, 5.74) is 6.98. The monoisotopic (exact) mass is 221 g/mol. The van der Waals surface area contributed by atoms with E-state index in [2.05, 4.69) is 29.9 Å². The summed E-state index contributed by atoms with van der Waals surface area (Å²) in [6.07, 6.45) is 4.38. The summed E-state index contributed by atoms with van der Waals surface area (Å²) in [5.74, 6) is 0.660. The Kier molecular flexibility index (Phi) is 4.74. The number of aromatic nitrogens is 1. The summed E-state index contributed by atoms with van der Waals surface area (Å²) in [5, 5.41) is 0. The summed E-state index contributed by atoms with van der Waals surface area (Å²) >= 11 is 0. The molecule has 0 amide bonds. The molecule has 1 aliphatic rings. The van der Waals surface area contributed by atoms with Crippen LogP contribution in [-0.4, -0.2) is 23.0 Å². The van der Waals surface area contributed by atoms with Gasteiger partial charge in [0.1, 0.15) is 5.82 Å². The predicted molar refractivity (Wildman–Crippen MR) is 69.2 cm³/mol. The summed E-state index contributed by atoms with van der Waals surface area (Å²) in [7, 11) is 2.16. The molecule has 1 unspecified atom stereocenters. The van der Waals surface area contributed by atoms with Crippen LogP contribution < -0.4 is 5.73 Å². The Bertz CT molecular complexity index is 321. The van der Waals surface area contributed by atoms with E-state index in [1.165, 1.54) is 12.8 Å². The van der Waals surface area contributed by atoms with Crippen LogP contribution in [0, 0.1) is 0 Å². The zero-order valence-electron chi connectivity index (χ0n) is 10.8. The van der Waals surface area contributed by atoms with Gasteiger partial charge < -0.3 is 5.73 Å². The number of nitrogen functional groups attached to an aromatic ring is 1. The van der Waals surface area contributed by atoms with Crippen molar-refractivity contribution in [3.8, 4) is 0 Å². The molecule has 0 aromatic carbocycles. The number of hydrogen-bond donors (Lipinski definition) is 1. The van der Waals surface area contributed by atoms with Gasteiger partial charge in [0.15, 0.2) is 0 Å². The number of pyridine rings is 1. The first kappa shape index (κ1) is 13.0. The molecule has 1 saturated carbocycles. The molecule has 1 heterocycles. The van der Waals surface area contributed by atoms with E-state index in [1.807, 2.05) is 19.9 Å². The zero-order valence-corrected chi connectivity index (χ0v) is 10.8. The highest BCUT2D eigenvalue weighted by molar-refractivity contribution is 5.40. The van der Waals surface area contributed by atoms with Crippen molar-refractivity contribution in [2.24, 2.45) is 0 Å². The fraction of sp³-hybridized carbons (Fsp3) is 0.615. The summed E-state index contributed by atoms with van der Waals surface area (Å²) in [6, 6.07) is 5.13. The van der Waals surface area contributed by atoms with E-state index in [9.17, 15) is 0 Å². The molecular formula is C13H23N3. The van der Waals surface area contributed by atoms with E-state index >= 15 is 0 Å². The molecule has 1 fully saturated rings. The van der Waals surface area contributed by atoms with Crippen molar-refractivity contribution in [1.29, 1.82) is 0 Å². The molecule has 90 valence electrons. The van der Waals surface area contributed by atoms with Gasteiger partial charge in [-0.25, -0.2) is 4.98 Å². The molecule has 0 spiro atoms. The molecule has 0 aliphatic heterocycles. The summed E-state index contributed by atoms with van der Waals surface area (Å²) in [4.78, 5) is 6.50. The maximum Gasteiger partial charge on any atom is 0.128 e. The van der Waals surface area contributed by atoms with Gasteiger partial charge in [0, 0.05) is 23.8 Å². The lowest BCUT2D eigenvalue weighted by Gasteiger charge is -2.25. The second kappa shape index (κ2) is 5.85. The number of rotatable bonds is 3. The van der Waals surface area contributed by atoms with E-state index in [4.69, 9.17) is 5.73 Å². The van der Waals surface area contributed by atoms with Crippen molar-refractivity contribution < 1.29 is 0 Å². The van der Waals surface area contributed by atoms with Crippen LogP contribution in [0.5, 0.6) is 0 Å². The Labute approximate surface area is 98.7 Å². The van der Waals surface area contributed by atoms with Gasteiger partial charge in [-0.1, -0.05) is 19.9 Å². The van der Waals surface area contributed by atoms with Gasteiger partial charge in [-0.2, -0.15) is 0 Å². The molecule has 0 bridgehead atoms. The van der Waals surface area contributed by atoms with Crippen LogP contribution in [0.4, 0.5) is 5.82 Å². The normalized spacial score (nSPS) is 16.6. The van der Waals surface area contributed by atoms with Crippen LogP contribution in [0.3, 0.4) is 0 Å². The molecule has 1 aromatic rings. The van der Waals surface area contributed by atoms with Crippen molar-refractivity contribution in [3.63, 3.8) is 0 Å². The lowest BCUT2D eigenvalue weighted by molar-refractivity contribution is 0.251. The largest absolute Gasteiger partial charge is 0.383 e. The molecule has 0 saturated heterocycles. The Hall–Kier alpha value is -1.09. The maximum atomic E-state index is 5.84. The fourth-order valence-corrected chi connectivity index (χ4v) is 1.80. The molecule has 1 aliphatic carbocycles. The van der Waals surface area contributed by atoms with Crippen molar-refractivity contribution in [2.75, 3.05) is 12.8 Å². The van der Waals surface area contributed by atoms with E-state index < -0.39 is 0 Å². The Morgan fingerprint density at radius 3 is 2.56 bits per heavy atom. The van der Waals surface area contributed by atoms with Gasteiger partial charge in [-0.05, 0) is 32.9 Å². The van der Waals surface area contributed by atoms with Crippen molar-refractivity contribution in [2.45, 2.75) is 45.7 Å². The number of hydrogen-bond acceptors (Lipinski definition) is 3. The minimum Gasteiger partial charge on any atom is -0.383 e. The van der Waals surface area contributed by atoms with E-state index in [-0.39, 0.29) is 0 Å². The van der Waals surface area contributed by atoms with Crippen molar-refractivity contribution in [1.82, 2.24) is 9.88 Å². The average Bonchev–Trinajstić information content (AvgIpc) is 3.14. The van der Waals surface area contributed by atoms with Gasteiger partial charge in [-0.3, -0.25) is 4.90 Å². The number of nitrogens with two attached hydrogens (primary N) is 1. The molecule has 3 nitrogen and oxygen atoms in total. The van der Waals surface area contributed by atoms with E-state index in [1.54, 1.807) is 6.20 Å². The average molecular weight is 221 g/mol. The van der Waals surface area contributed by atoms with Gasteiger partial charge in [0.2, 0.25) is 0 Å². The number of anilines is 1. The van der Waals surface area contributed by atoms with Crippen molar-refractivity contribution in [3.05, 3.63) is 23.9 Å². The van der Waals surface area contributed by atoms with E-state index in [0.717, 1.165) is 11.6 Å². The first-order chi connectivity index (χ1) is 7.70. The highest BCUT2D eigenvalue weighted by atomic mass is 15.2. The molecule has 2 rings (SSSR count). The minimum absolute atomic E-state index is 0.371. The predicted octanol–water partition coefficient (Wildman–Crippen LogP) is 2.85. The van der Waals surface area contributed by atoms with Crippen LogP contribution >= 0.6 is 0 Å². The molecule has 3 heteroatoms. The van der Waals surface area contributed by atoms with Gasteiger partial charge >= 0.3 is 0 Å². The van der Waals surface area contributed by atoms with Crippen molar-refractivity contribution >= 4 is 5.82 Å². The van der Waals surface area contributed by atoms with Crippen LogP contribution in [0.15, 0.2) is 18.3 Å². The maximum absolute atomic E-state index is 5.84. The Morgan fingerprint density at radius 1 is 1.44 bits per heavy atom. The smallest absolute Gasteiger partial charge is 0.128 e. The van der Waals surface area contributed by atoms with Gasteiger partial charge in [-0.15, -0.1) is 0 Å². The van der Waals surface area contributed by atoms with Crippen LogP contribution in [0.2, 0.25) is 0 Å². The first-order valence-corrected chi connectivity index (χ1v) is 6.12. The third-order valence-corrected chi connectivity index (χ3v) is 3.06. The van der Waals surface area contributed by atoms with E-state index in [0.29, 0.717) is 11.9 Å². The third-order valence-electron chi connectivity index (χ3n) is 3.06. The molecular weight excluding hydrogens is 198 g/mol. The topological polar surface area (TPSA) is 42.1 Å². The highest BCUT2D eigenvalue weighted by Gasteiger charge is 2.30. The lowest BCUT2D eigenvalue weighted by Crippen LogP contribution is -2.25. The second-order valence-electron chi connectivity index (χ2n) is 4.05. The highest BCUT2D eigenvalue weighted by Crippen LogP contribution is 2.33. The lowest BCUT2D eigenvalue weighted by atomic mass is 10.1. The summed E-state index contributed by atoms with van der Waals surface area (Å²) < 4.78 is 0. The fourth-order valence-electron chi connectivity index (χ4n) is 1.80. The molecule has 0 radical (unpaired) electrons. The van der Waals surface area contributed by atoms with Gasteiger partial charge in [0.25, 0.3) is 0 Å². The van der Waals surface area contributed by atoms with Gasteiger partial charge in [0.05, 0.1) is 0 Å². The second-order valence-corrected chi connectivity index (χ2v) is 4.05. The summed E-state index contributed by atoms with van der Waals surface area (Å²) in [6.45, 7) is 6.19. The molecule has 16 heavy (non-hydrogen) atoms. The molecule has 1 aromatic heterocycles. The standard InChI is InChI=1S/C11H17N3.C2H6/c1-8(14(2)9-5-6-9)10-4-3-7-13-11(10)12;1-2/h3-4,7-9H,5-6H2,1-2H3,(H2,12,13);1-2H3. The number of nitrogens with zero attached hydrogens (tertiary/aromatic N) is 2. The molecule has 2 N–H and O–H groups in total. The quantitative estimate of drug-likeness (QED) is 0.853. The zero-order chi connectivity index (χ0) is 12.1. The SMILES string of the molecule is CC.CC(c1cccnc1N)N(C)C1CC1. The minimum atomic E-state index is 0.371. The Balaban J connectivity index is 0.000000606. The molecule has 1 atom stereocenters. The van der Waals surface area contributed by atoms with Crippen LogP contribution in [-0.2, 0) is 0 Å². The third kappa shape index (κ3) is 2.95. The van der Waals surface area contributed by atoms with Crippen LogP contribution in [0.1, 0.15) is 45.2 Å². The Morgan fingerprint density at radius 2 is 2.06 bits per heavy atom. The van der Waals surface area contributed by atoms with Crippen LogP contribution in [0.25, 0.3) is 0 Å². The first-order valence-electron chi connectivity index (χ1n) is 6.12.